The van der Waals surface area contributed by atoms with Crippen LogP contribution in [-0.2, 0) is 4.79 Å². The van der Waals surface area contributed by atoms with Crippen LogP contribution in [0.25, 0.3) is 0 Å². The molecule has 1 aliphatic heterocycles. The van der Waals surface area contributed by atoms with E-state index in [1.807, 2.05) is 0 Å². The fourth-order valence-corrected chi connectivity index (χ4v) is 1.31. The van der Waals surface area contributed by atoms with Gasteiger partial charge in [-0.1, -0.05) is 0 Å². The van der Waals surface area contributed by atoms with Crippen molar-refractivity contribution in [2.75, 3.05) is 13.3 Å². The summed E-state index contributed by atoms with van der Waals surface area (Å²) in [4.78, 5) is 10.7. The highest BCUT2D eigenvalue weighted by atomic mass is 16.7. The van der Waals surface area contributed by atoms with E-state index in [1.54, 1.807) is 18.2 Å². The standard InChI is InChI=1S/C10H11NO5/c11-4-9(10(12)13)16-6-1-2-7-8(3-6)15-5-14-7/h1-3,9H,4-5,11H2,(H,12,13). The summed E-state index contributed by atoms with van der Waals surface area (Å²) in [7, 11) is 0. The Labute approximate surface area is 91.5 Å². The Balaban J connectivity index is 2.13. The van der Waals surface area contributed by atoms with Crippen LogP contribution in [0.5, 0.6) is 17.2 Å². The lowest BCUT2D eigenvalue weighted by Gasteiger charge is -2.12. The largest absolute Gasteiger partial charge is 0.478 e. The SMILES string of the molecule is NCC(Oc1ccc2c(c1)OCO2)C(=O)O. The molecule has 3 N–H and O–H groups in total. The average molecular weight is 225 g/mol. The molecular weight excluding hydrogens is 214 g/mol. The first-order valence-corrected chi connectivity index (χ1v) is 4.70. The van der Waals surface area contributed by atoms with E-state index < -0.39 is 12.1 Å². The summed E-state index contributed by atoms with van der Waals surface area (Å²) in [5.41, 5.74) is 5.27. The molecule has 6 nitrogen and oxygen atoms in total. The molecule has 1 aromatic rings. The number of fused-ring (bicyclic) bond motifs is 1. The van der Waals surface area contributed by atoms with Gasteiger partial charge in [0.2, 0.25) is 12.9 Å². The Morgan fingerprint density at radius 1 is 1.50 bits per heavy atom. The van der Waals surface area contributed by atoms with Crippen molar-refractivity contribution < 1.29 is 24.1 Å². The molecule has 86 valence electrons. The van der Waals surface area contributed by atoms with Crippen LogP contribution in [0.15, 0.2) is 18.2 Å². The van der Waals surface area contributed by atoms with E-state index in [-0.39, 0.29) is 13.3 Å². The highest BCUT2D eigenvalue weighted by Gasteiger charge is 2.19. The predicted molar refractivity (Wildman–Crippen MR) is 53.7 cm³/mol. The minimum atomic E-state index is -1.10. The zero-order chi connectivity index (χ0) is 11.5. The summed E-state index contributed by atoms with van der Waals surface area (Å²) >= 11 is 0. The maximum atomic E-state index is 10.7. The van der Waals surface area contributed by atoms with Crippen LogP contribution in [0, 0.1) is 0 Å². The number of benzene rings is 1. The molecule has 1 aliphatic rings. The zero-order valence-corrected chi connectivity index (χ0v) is 8.38. The Morgan fingerprint density at radius 2 is 2.25 bits per heavy atom. The molecule has 0 fully saturated rings. The monoisotopic (exact) mass is 225 g/mol. The van der Waals surface area contributed by atoms with Gasteiger partial charge >= 0.3 is 5.97 Å². The van der Waals surface area contributed by atoms with Crippen molar-refractivity contribution >= 4 is 5.97 Å². The van der Waals surface area contributed by atoms with E-state index in [2.05, 4.69) is 0 Å². The molecule has 1 atom stereocenters. The maximum Gasteiger partial charge on any atom is 0.346 e. The fourth-order valence-electron chi connectivity index (χ4n) is 1.31. The number of nitrogens with two attached hydrogens (primary N) is 1. The third-order valence-corrected chi connectivity index (χ3v) is 2.11. The number of ether oxygens (including phenoxy) is 3. The quantitative estimate of drug-likeness (QED) is 0.760. The number of carboxylic acids is 1. The molecule has 0 aromatic heterocycles. The van der Waals surface area contributed by atoms with Gasteiger partial charge in [0.1, 0.15) is 5.75 Å². The van der Waals surface area contributed by atoms with Crippen LogP contribution in [0.4, 0.5) is 0 Å². The van der Waals surface area contributed by atoms with Gasteiger partial charge in [-0.3, -0.25) is 0 Å². The molecule has 16 heavy (non-hydrogen) atoms. The van der Waals surface area contributed by atoms with Crippen LogP contribution in [0.2, 0.25) is 0 Å². The van der Waals surface area contributed by atoms with Crippen molar-refractivity contribution in [3.05, 3.63) is 18.2 Å². The van der Waals surface area contributed by atoms with Crippen LogP contribution >= 0.6 is 0 Å². The lowest BCUT2D eigenvalue weighted by Crippen LogP contribution is -2.34. The van der Waals surface area contributed by atoms with Crippen LogP contribution in [0.1, 0.15) is 0 Å². The first-order chi connectivity index (χ1) is 7.70. The van der Waals surface area contributed by atoms with Gasteiger partial charge in [-0.2, -0.15) is 0 Å². The second-order valence-electron chi connectivity index (χ2n) is 3.20. The topological polar surface area (TPSA) is 91.0 Å². The molecule has 0 spiro atoms. The molecule has 0 saturated heterocycles. The van der Waals surface area contributed by atoms with E-state index in [9.17, 15) is 4.79 Å². The number of carboxylic acid groups (broad SMARTS) is 1. The molecular formula is C10H11NO5. The lowest BCUT2D eigenvalue weighted by molar-refractivity contribution is -0.144. The van der Waals surface area contributed by atoms with Crippen molar-refractivity contribution in [2.45, 2.75) is 6.10 Å². The number of hydrogen-bond acceptors (Lipinski definition) is 5. The maximum absolute atomic E-state index is 10.7. The number of hydrogen-bond donors (Lipinski definition) is 2. The minimum Gasteiger partial charge on any atom is -0.478 e. The molecule has 2 rings (SSSR count). The highest BCUT2D eigenvalue weighted by molar-refractivity contribution is 5.73. The summed E-state index contributed by atoms with van der Waals surface area (Å²) in [6.07, 6.45) is -1.06. The van der Waals surface area contributed by atoms with Gasteiger partial charge in [0.05, 0.1) is 0 Å². The molecule has 6 heteroatoms. The van der Waals surface area contributed by atoms with E-state index in [1.165, 1.54) is 0 Å². The van der Waals surface area contributed by atoms with Crippen molar-refractivity contribution in [3.8, 4) is 17.2 Å². The first kappa shape index (κ1) is 10.6. The molecule has 0 aliphatic carbocycles. The average Bonchev–Trinajstić information content (AvgIpc) is 2.72. The second-order valence-corrected chi connectivity index (χ2v) is 3.20. The highest BCUT2D eigenvalue weighted by Crippen LogP contribution is 2.35. The molecule has 0 amide bonds. The van der Waals surface area contributed by atoms with Gasteiger partial charge in [-0.05, 0) is 12.1 Å². The molecule has 1 aromatic carbocycles. The number of carbonyl (C=O) groups is 1. The first-order valence-electron chi connectivity index (χ1n) is 4.70. The van der Waals surface area contributed by atoms with Gasteiger partial charge in [0.25, 0.3) is 0 Å². The summed E-state index contributed by atoms with van der Waals surface area (Å²) in [6.45, 7) is 0.0712. The third kappa shape index (κ3) is 2.01. The van der Waals surface area contributed by atoms with Crippen molar-refractivity contribution in [1.82, 2.24) is 0 Å². The van der Waals surface area contributed by atoms with Crippen molar-refractivity contribution in [2.24, 2.45) is 5.73 Å². The molecule has 1 unspecified atom stereocenters. The number of rotatable bonds is 4. The van der Waals surface area contributed by atoms with E-state index >= 15 is 0 Å². The van der Waals surface area contributed by atoms with E-state index in [4.69, 9.17) is 25.1 Å². The van der Waals surface area contributed by atoms with Gasteiger partial charge in [-0.15, -0.1) is 0 Å². The third-order valence-electron chi connectivity index (χ3n) is 2.11. The zero-order valence-electron chi connectivity index (χ0n) is 8.38. The molecule has 0 bridgehead atoms. The second kappa shape index (κ2) is 4.28. The van der Waals surface area contributed by atoms with E-state index in [0.717, 1.165) is 0 Å². The summed E-state index contributed by atoms with van der Waals surface area (Å²) in [6, 6.07) is 4.85. The predicted octanol–water partition coefficient (Wildman–Crippen LogP) is 0.206. The summed E-state index contributed by atoms with van der Waals surface area (Å²) in [5, 5.41) is 8.77. The Hall–Kier alpha value is -1.95. The van der Waals surface area contributed by atoms with Crippen LogP contribution in [0.3, 0.4) is 0 Å². The lowest BCUT2D eigenvalue weighted by atomic mass is 10.3. The fraction of sp³-hybridized carbons (Fsp3) is 0.300. The Morgan fingerprint density at radius 3 is 2.94 bits per heavy atom. The molecule has 0 saturated carbocycles. The van der Waals surface area contributed by atoms with Crippen LogP contribution in [-0.4, -0.2) is 30.5 Å². The smallest absolute Gasteiger partial charge is 0.346 e. The summed E-state index contributed by atoms with van der Waals surface area (Å²) < 4.78 is 15.4. The Bertz CT molecular complexity index is 406. The van der Waals surface area contributed by atoms with Gasteiger partial charge in [-0.25, -0.2) is 4.79 Å². The van der Waals surface area contributed by atoms with Crippen LogP contribution < -0.4 is 19.9 Å². The van der Waals surface area contributed by atoms with Gasteiger partial charge in [0.15, 0.2) is 11.5 Å². The van der Waals surface area contributed by atoms with E-state index in [0.29, 0.717) is 17.2 Å². The van der Waals surface area contributed by atoms with Crippen molar-refractivity contribution in [1.29, 1.82) is 0 Å². The number of aliphatic carboxylic acids is 1. The summed E-state index contributed by atoms with van der Waals surface area (Å²) in [5.74, 6) is 0.452. The normalized spacial score (nSPS) is 14.6. The van der Waals surface area contributed by atoms with Crippen molar-refractivity contribution in [3.63, 3.8) is 0 Å². The Kier molecular flexibility index (Phi) is 2.82. The molecule has 1 heterocycles. The molecule has 0 radical (unpaired) electrons. The van der Waals surface area contributed by atoms with Gasteiger partial charge < -0.3 is 25.1 Å². The minimum absolute atomic E-state index is 0.0935. The van der Waals surface area contributed by atoms with Gasteiger partial charge in [0, 0.05) is 12.6 Å².